The molecule has 0 amide bonds. The lowest BCUT2D eigenvalue weighted by Gasteiger charge is -2.17. The number of carboxylic acid groups (broad SMARTS) is 1. The highest BCUT2D eigenvalue weighted by molar-refractivity contribution is 5.81. The van der Waals surface area contributed by atoms with Gasteiger partial charge in [0, 0.05) is 0 Å². The summed E-state index contributed by atoms with van der Waals surface area (Å²) in [5.41, 5.74) is 0. The molecule has 2 fully saturated rings. The number of ether oxygens (including phenoxy) is 1. The van der Waals surface area contributed by atoms with Gasteiger partial charge < -0.3 is 9.84 Å². The van der Waals surface area contributed by atoms with E-state index in [1.54, 1.807) is 0 Å². The lowest BCUT2D eigenvalue weighted by molar-refractivity contribution is -0.158. The third-order valence-electron chi connectivity index (χ3n) is 2.42. The van der Waals surface area contributed by atoms with E-state index in [2.05, 4.69) is 0 Å². The predicted octanol–water partition coefficient (Wildman–Crippen LogP) is 0.0226. The van der Waals surface area contributed by atoms with E-state index in [0.717, 1.165) is 0 Å². The summed E-state index contributed by atoms with van der Waals surface area (Å²) in [6, 6.07) is 0. The van der Waals surface area contributed by atoms with Crippen molar-refractivity contribution in [2.24, 2.45) is 11.8 Å². The van der Waals surface area contributed by atoms with Gasteiger partial charge in [0.1, 0.15) is 6.10 Å². The largest absolute Gasteiger partial charge is 0.481 e. The molecule has 0 spiro atoms. The fourth-order valence-electron chi connectivity index (χ4n) is 1.83. The number of fused-ring (bicyclic) bond motifs is 2. The van der Waals surface area contributed by atoms with Gasteiger partial charge in [0.05, 0.1) is 11.8 Å². The van der Waals surface area contributed by atoms with Crippen molar-refractivity contribution in [2.45, 2.75) is 18.9 Å². The molecule has 0 aromatic heterocycles. The number of rotatable bonds is 1. The van der Waals surface area contributed by atoms with Crippen LogP contribution in [0.5, 0.6) is 0 Å². The van der Waals surface area contributed by atoms with E-state index in [1.807, 2.05) is 0 Å². The molecule has 2 rings (SSSR count). The van der Waals surface area contributed by atoms with Gasteiger partial charge in [-0.15, -0.1) is 0 Å². The quantitative estimate of drug-likeness (QED) is 0.544. The number of carbonyl (C=O) groups excluding carboxylic acids is 1. The lowest BCUT2D eigenvalue weighted by atomic mass is 10.0. The highest BCUT2D eigenvalue weighted by atomic mass is 16.6. The van der Waals surface area contributed by atoms with Crippen LogP contribution in [0, 0.1) is 11.8 Å². The first-order valence-corrected chi connectivity index (χ1v) is 3.62. The van der Waals surface area contributed by atoms with Crippen LogP contribution in [-0.2, 0) is 14.3 Å². The Labute approximate surface area is 63.1 Å². The van der Waals surface area contributed by atoms with Gasteiger partial charge in [0.15, 0.2) is 0 Å². The van der Waals surface area contributed by atoms with Crippen molar-refractivity contribution in [3.05, 3.63) is 0 Å². The van der Waals surface area contributed by atoms with Crippen LogP contribution in [0.15, 0.2) is 0 Å². The summed E-state index contributed by atoms with van der Waals surface area (Å²) < 4.78 is 4.81. The summed E-state index contributed by atoms with van der Waals surface area (Å²) in [6.07, 6.45) is 0.735. The maximum Gasteiger partial charge on any atom is 0.310 e. The summed E-state index contributed by atoms with van der Waals surface area (Å²) in [5, 5.41) is 8.63. The van der Waals surface area contributed by atoms with Crippen molar-refractivity contribution in [1.29, 1.82) is 0 Å². The monoisotopic (exact) mass is 156 g/mol. The highest BCUT2D eigenvalue weighted by Gasteiger charge is 2.50. The zero-order valence-electron chi connectivity index (χ0n) is 5.82. The van der Waals surface area contributed by atoms with Crippen molar-refractivity contribution in [2.75, 3.05) is 0 Å². The second kappa shape index (κ2) is 1.96. The molecule has 2 bridgehead atoms. The number of carboxylic acids is 1. The van der Waals surface area contributed by atoms with Gasteiger partial charge in [-0.3, -0.25) is 9.59 Å². The van der Waals surface area contributed by atoms with Gasteiger partial charge in [-0.1, -0.05) is 0 Å². The number of aliphatic carboxylic acids is 1. The fourth-order valence-corrected chi connectivity index (χ4v) is 1.83. The molecule has 4 nitrogen and oxygen atoms in total. The molecule has 4 heteroatoms. The van der Waals surface area contributed by atoms with Gasteiger partial charge in [0.25, 0.3) is 0 Å². The second-order valence-corrected chi connectivity index (χ2v) is 3.09. The van der Waals surface area contributed by atoms with E-state index in [1.165, 1.54) is 0 Å². The van der Waals surface area contributed by atoms with E-state index < -0.39 is 11.9 Å². The van der Waals surface area contributed by atoms with Crippen LogP contribution in [0.4, 0.5) is 0 Å². The Balaban J connectivity index is 2.14. The van der Waals surface area contributed by atoms with E-state index in [0.29, 0.717) is 12.8 Å². The maximum atomic E-state index is 10.8. The van der Waals surface area contributed by atoms with Gasteiger partial charge in [-0.05, 0) is 12.8 Å². The molecule has 1 heterocycles. The number of carbonyl (C=O) groups is 2. The highest BCUT2D eigenvalue weighted by Crippen LogP contribution is 2.40. The molecule has 0 radical (unpaired) electrons. The standard InChI is InChI=1S/C7H8O4/c8-6(9)4-1-3-2-5(4)11-7(3)10/h3-5H,1-2H2,(H,8,9). The molecule has 1 N–H and O–H groups in total. The van der Waals surface area contributed by atoms with Gasteiger partial charge in [-0.2, -0.15) is 0 Å². The molecule has 3 unspecified atom stereocenters. The van der Waals surface area contributed by atoms with Crippen molar-refractivity contribution < 1.29 is 19.4 Å². The maximum absolute atomic E-state index is 10.8. The second-order valence-electron chi connectivity index (χ2n) is 3.09. The van der Waals surface area contributed by atoms with Crippen molar-refractivity contribution in [3.8, 4) is 0 Å². The van der Waals surface area contributed by atoms with Crippen LogP contribution in [0.25, 0.3) is 0 Å². The zero-order valence-corrected chi connectivity index (χ0v) is 5.82. The lowest BCUT2D eigenvalue weighted by Crippen LogP contribution is -2.29. The van der Waals surface area contributed by atoms with Gasteiger partial charge in [0.2, 0.25) is 0 Å². The van der Waals surface area contributed by atoms with Crippen LogP contribution in [-0.4, -0.2) is 23.1 Å². The van der Waals surface area contributed by atoms with E-state index in [-0.39, 0.29) is 18.0 Å². The summed E-state index contributed by atoms with van der Waals surface area (Å²) in [6.45, 7) is 0. The summed E-state index contributed by atoms with van der Waals surface area (Å²) in [4.78, 5) is 21.3. The smallest absolute Gasteiger partial charge is 0.310 e. The van der Waals surface area contributed by atoms with Gasteiger partial charge >= 0.3 is 11.9 Å². The average molecular weight is 156 g/mol. The molecule has 0 aromatic rings. The van der Waals surface area contributed by atoms with Gasteiger partial charge in [-0.25, -0.2) is 0 Å². The normalized spacial score (nSPS) is 40.7. The third kappa shape index (κ3) is 0.818. The number of esters is 1. The first-order valence-electron chi connectivity index (χ1n) is 3.62. The third-order valence-corrected chi connectivity index (χ3v) is 2.42. The molecule has 1 aliphatic heterocycles. The Morgan fingerprint density at radius 1 is 1.55 bits per heavy atom. The molecule has 11 heavy (non-hydrogen) atoms. The first-order chi connectivity index (χ1) is 5.18. The Kier molecular flexibility index (Phi) is 1.19. The van der Waals surface area contributed by atoms with Crippen molar-refractivity contribution >= 4 is 11.9 Å². The Morgan fingerprint density at radius 3 is 2.64 bits per heavy atom. The molecule has 3 atom stereocenters. The Bertz CT molecular complexity index is 222. The Hall–Kier alpha value is -1.06. The zero-order chi connectivity index (χ0) is 8.01. The minimum absolute atomic E-state index is 0.138. The summed E-state index contributed by atoms with van der Waals surface area (Å²) >= 11 is 0. The van der Waals surface area contributed by atoms with Crippen molar-refractivity contribution in [1.82, 2.24) is 0 Å². The summed E-state index contributed by atoms with van der Waals surface area (Å²) in [7, 11) is 0. The van der Waals surface area contributed by atoms with E-state index in [4.69, 9.17) is 9.84 Å². The van der Waals surface area contributed by atoms with Crippen molar-refractivity contribution in [3.63, 3.8) is 0 Å². The fraction of sp³-hybridized carbons (Fsp3) is 0.714. The predicted molar refractivity (Wildman–Crippen MR) is 33.7 cm³/mol. The minimum Gasteiger partial charge on any atom is -0.481 e. The molecular weight excluding hydrogens is 148 g/mol. The average Bonchev–Trinajstić information content (AvgIpc) is 2.43. The molecule has 0 aromatic carbocycles. The Morgan fingerprint density at radius 2 is 2.27 bits per heavy atom. The molecule has 2 aliphatic rings. The molecule has 60 valence electrons. The topological polar surface area (TPSA) is 63.6 Å². The first kappa shape index (κ1) is 6.64. The van der Waals surface area contributed by atoms with Crippen LogP contribution >= 0.6 is 0 Å². The molecular formula is C7H8O4. The number of hydrogen-bond acceptors (Lipinski definition) is 3. The molecule has 1 aliphatic carbocycles. The van der Waals surface area contributed by atoms with E-state index >= 15 is 0 Å². The summed E-state index contributed by atoms with van der Waals surface area (Å²) in [5.74, 6) is -1.64. The minimum atomic E-state index is -0.843. The molecule has 1 saturated heterocycles. The van der Waals surface area contributed by atoms with Crippen LogP contribution in [0.2, 0.25) is 0 Å². The van der Waals surface area contributed by atoms with Crippen LogP contribution < -0.4 is 0 Å². The van der Waals surface area contributed by atoms with Crippen LogP contribution in [0.1, 0.15) is 12.8 Å². The van der Waals surface area contributed by atoms with Crippen LogP contribution in [0.3, 0.4) is 0 Å². The SMILES string of the molecule is O=C1OC2CC1CC2C(=O)O. The van der Waals surface area contributed by atoms with E-state index in [9.17, 15) is 9.59 Å². The molecule has 1 saturated carbocycles. The number of hydrogen-bond donors (Lipinski definition) is 1.